The molecule has 0 aliphatic carbocycles. The SMILES string of the molecule is C=C(C)C1(F)CCN(CC(CC)CC)CC1. The second-order valence-electron chi connectivity index (χ2n) is 5.23. The summed E-state index contributed by atoms with van der Waals surface area (Å²) < 4.78 is 14.2. The molecule has 16 heavy (non-hydrogen) atoms. The minimum absolute atomic E-state index is 0.627. The normalized spacial score (nSPS) is 21.3. The highest BCUT2D eigenvalue weighted by Crippen LogP contribution is 2.32. The van der Waals surface area contributed by atoms with Crippen molar-refractivity contribution in [2.75, 3.05) is 19.6 Å². The second-order valence-corrected chi connectivity index (χ2v) is 5.23. The van der Waals surface area contributed by atoms with Crippen LogP contribution in [-0.4, -0.2) is 30.2 Å². The number of alkyl halides is 1. The van der Waals surface area contributed by atoms with Crippen LogP contribution in [0, 0.1) is 5.92 Å². The number of allylic oxidation sites excluding steroid dienone is 1. The Morgan fingerprint density at radius 3 is 2.19 bits per heavy atom. The van der Waals surface area contributed by atoms with E-state index in [4.69, 9.17) is 0 Å². The van der Waals surface area contributed by atoms with Crippen LogP contribution in [0.15, 0.2) is 12.2 Å². The maximum atomic E-state index is 14.2. The van der Waals surface area contributed by atoms with Crippen LogP contribution in [-0.2, 0) is 0 Å². The van der Waals surface area contributed by atoms with Gasteiger partial charge in [0.2, 0.25) is 0 Å². The number of piperidine rings is 1. The fourth-order valence-corrected chi connectivity index (χ4v) is 2.43. The fourth-order valence-electron chi connectivity index (χ4n) is 2.43. The van der Waals surface area contributed by atoms with Crippen molar-refractivity contribution in [1.29, 1.82) is 0 Å². The van der Waals surface area contributed by atoms with Crippen molar-refractivity contribution in [3.8, 4) is 0 Å². The van der Waals surface area contributed by atoms with E-state index in [9.17, 15) is 4.39 Å². The van der Waals surface area contributed by atoms with Crippen molar-refractivity contribution in [2.45, 2.75) is 52.1 Å². The molecule has 0 saturated carbocycles. The van der Waals surface area contributed by atoms with Gasteiger partial charge in [0.15, 0.2) is 0 Å². The smallest absolute Gasteiger partial charge is 0.134 e. The van der Waals surface area contributed by atoms with E-state index in [1.165, 1.54) is 12.8 Å². The Morgan fingerprint density at radius 1 is 1.31 bits per heavy atom. The van der Waals surface area contributed by atoms with Crippen LogP contribution in [0.5, 0.6) is 0 Å². The van der Waals surface area contributed by atoms with E-state index >= 15 is 0 Å². The van der Waals surface area contributed by atoms with Crippen LogP contribution in [0.4, 0.5) is 4.39 Å². The summed E-state index contributed by atoms with van der Waals surface area (Å²) in [6.45, 7) is 13.0. The summed E-state index contributed by atoms with van der Waals surface area (Å²) in [5.41, 5.74) is -0.389. The first-order chi connectivity index (χ1) is 7.51. The lowest BCUT2D eigenvalue weighted by atomic mass is 9.87. The van der Waals surface area contributed by atoms with Gasteiger partial charge in [-0.2, -0.15) is 0 Å². The average molecular weight is 227 g/mol. The Morgan fingerprint density at radius 2 is 1.81 bits per heavy atom. The molecular formula is C14H26FN. The molecule has 0 aromatic heterocycles. The molecule has 0 atom stereocenters. The van der Waals surface area contributed by atoms with Crippen LogP contribution in [0.3, 0.4) is 0 Å². The lowest BCUT2D eigenvalue weighted by Gasteiger charge is -2.38. The molecule has 0 spiro atoms. The highest BCUT2D eigenvalue weighted by Gasteiger charge is 2.35. The first-order valence-electron chi connectivity index (χ1n) is 6.59. The van der Waals surface area contributed by atoms with Crippen molar-refractivity contribution < 1.29 is 4.39 Å². The van der Waals surface area contributed by atoms with Gasteiger partial charge in [0, 0.05) is 19.6 Å². The summed E-state index contributed by atoms with van der Waals surface area (Å²) in [5.74, 6) is 0.775. The van der Waals surface area contributed by atoms with Gasteiger partial charge >= 0.3 is 0 Å². The van der Waals surface area contributed by atoms with Gasteiger partial charge in [-0.25, -0.2) is 4.39 Å². The van der Waals surface area contributed by atoms with Gasteiger partial charge < -0.3 is 4.90 Å². The Balaban J connectivity index is 2.40. The zero-order chi connectivity index (χ0) is 12.2. The summed E-state index contributed by atoms with van der Waals surface area (Å²) in [4.78, 5) is 2.42. The van der Waals surface area contributed by atoms with E-state index < -0.39 is 5.67 Å². The summed E-state index contributed by atoms with van der Waals surface area (Å²) in [7, 11) is 0. The number of likely N-dealkylation sites (tertiary alicyclic amines) is 1. The molecular weight excluding hydrogens is 201 g/mol. The highest BCUT2D eigenvalue weighted by molar-refractivity contribution is 5.11. The van der Waals surface area contributed by atoms with Gasteiger partial charge in [0.1, 0.15) is 5.67 Å². The third kappa shape index (κ3) is 3.31. The Kier molecular flexibility index (Phi) is 4.97. The number of hydrogen-bond acceptors (Lipinski definition) is 1. The number of nitrogens with zero attached hydrogens (tertiary/aromatic N) is 1. The summed E-state index contributed by atoms with van der Waals surface area (Å²) >= 11 is 0. The number of hydrogen-bond donors (Lipinski definition) is 0. The van der Waals surface area contributed by atoms with Crippen molar-refractivity contribution in [3.05, 3.63) is 12.2 Å². The van der Waals surface area contributed by atoms with Gasteiger partial charge in [-0.15, -0.1) is 0 Å². The maximum Gasteiger partial charge on any atom is 0.134 e. The van der Waals surface area contributed by atoms with Crippen LogP contribution >= 0.6 is 0 Å². The third-order valence-corrected chi connectivity index (χ3v) is 4.08. The molecule has 0 amide bonds. The van der Waals surface area contributed by atoms with Gasteiger partial charge in [0.05, 0.1) is 0 Å². The first kappa shape index (κ1) is 13.7. The molecule has 0 N–H and O–H groups in total. The van der Waals surface area contributed by atoms with E-state index in [1.54, 1.807) is 0 Å². The number of rotatable bonds is 5. The minimum atomic E-state index is -1.09. The van der Waals surface area contributed by atoms with Crippen LogP contribution in [0.2, 0.25) is 0 Å². The molecule has 1 nitrogen and oxygen atoms in total. The zero-order valence-corrected chi connectivity index (χ0v) is 11.1. The van der Waals surface area contributed by atoms with Crippen LogP contribution < -0.4 is 0 Å². The van der Waals surface area contributed by atoms with E-state index in [1.807, 2.05) is 6.92 Å². The van der Waals surface area contributed by atoms with E-state index in [0.717, 1.165) is 25.6 Å². The minimum Gasteiger partial charge on any atom is -0.303 e. The second kappa shape index (κ2) is 5.81. The van der Waals surface area contributed by atoms with E-state index in [-0.39, 0.29) is 0 Å². The van der Waals surface area contributed by atoms with Crippen molar-refractivity contribution in [2.24, 2.45) is 5.92 Å². The Bertz CT molecular complexity index is 225. The molecule has 0 aromatic rings. The van der Waals surface area contributed by atoms with Gasteiger partial charge in [-0.1, -0.05) is 33.3 Å². The maximum absolute atomic E-state index is 14.2. The molecule has 0 unspecified atom stereocenters. The Hall–Kier alpha value is -0.370. The van der Waals surface area contributed by atoms with Gasteiger partial charge in [-0.3, -0.25) is 0 Å². The first-order valence-corrected chi connectivity index (χ1v) is 6.59. The van der Waals surface area contributed by atoms with Crippen LogP contribution in [0.25, 0.3) is 0 Å². The lowest BCUT2D eigenvalue weighted by molar-refractivity contribution is 0.0778. The van der Waals surface area contributed by atoms with Gasteiger partial charge in [0.25, 0.3) is 0 Å². The molecule has 1 aliphatic heterocycles. The summed E-state index contributed by atoms with van der Waals surface area (Å²) in [5, 5.41) is 0. The molecule has 1 aliphatic rings. The van der Waals surface area contributed by atoms with Crippen molar-refractivity contribution in [3.63, 3.8) is 0 Å². The summed E-state index contributed by atoms with van der Waals surface area (Å²) in [6, 6.07) is 0. The standard InChI is InChI=1S/C14H26FN/c1-5-13(6-2)11-16-9-7-14(15,8-10-16)12(3)4/h13H,3,5-11H2,1-2,4H3. The van der Waals surface area contributed by atoms with Crippen LogP contribution in [0.1, 0.15) is 46.5 Å². The topological polar surface area (TPSA) is 3.24 Å². The molecule has 94 valence electrons. The largest absolute Gasteiger partial charge is 0.303 e. The molecule has 0 bridgehead atoms. The molecule has 2 heteroatoms. The Labute approximate surface area is 99.7 Å². The van der Waals surface area contributed by atoms with Crippen molar-refractivity contribution >= 4 is 0 Å². The average Bonchev–Trinajstić information content (AvgIpc) is 2.28. The number of halogens is 1. The highest BCUT2D eigenvalue weighted by atomic mass is 19.1. The quantitative estimate of drug-likeness (QED) is 0.646. The zero-order valence-electron chi connectivity index (χ0n) is 11.1. The lowest BCUT2D eigenvalue weighted by Crippen LogP contribution is -2.43. The van der Waals surface area contributed by atoms with E-state index in [0.29, 0.717) is 18.4 Å². The van der Waals surface area contributed by atoms with Crippen molar-refractivity contribution in [1.82, 2.24) is 4.90 Å². The third-order valence-electron chi connectivity index (χ3n) is 4.08. The van der Waals surface area contributed by atoms with E-state index in [2.05, 4.69) is 25.3 Å². The fraction of sp³-hybridized carbons (Fsp3) is 0.857. The molecule has 1 rings (SSSR count). The summed E-state index contributed by atoms with van der Waals surface area (Å²) in [6.07, 6.45) is 3.72. The molecule has 0 radical (unpaired) electrons. The molecule has 1 fully saturated rings. The van der Waals surface area contributed by atoms with Gasteiger partial charge in [-0.05, 0) is 31.3 Å². The monoisotopic (exact) mass is 227 g/mol. The molecule has 0 aromatic carbocycles. The molecule has 1 heterocycles. The molecule has 1 saturated heterocycles. The predicted molar refractivity (Wildman–Crippen MR) is 68.4 cm³/mol. The predicted octanol–water partition coefficient (Wildman–Crippen LogP) is 3.80.